The Hall–Kier alpha value is 0.270. The zero-order valence-electron chi connectivity index (χ0n) is 8.62. The summed E-state index contributed by atoms with van der Waals surface area (Å²) in [5.41, 5.74) is 0. The van der Waals surface area contributed by atoms with Crippen LogP contribution in [0.2, 0.25) is 0 Å². The fourth-order valence-corrected chi connectivity index (χ4v) is 2.93. The summed E-state index contributed by atoms with van der Waals surface area (Å²) >= 11 is 2.01. The van der Waals surface area contributed by atoms with E-state index in [4.69, 9.17) is 5.11 Å². The molecule has 0 amide bonds. The molecule has 0 aromatic carbocycles. The second-order valence-corrected chi connectivity index (χ2v) is 5.39. The van der Waals surface area contributed by atoms with E-state index in [0.717, 1.165) is 6.42 Å². The van der Waals surface area contributed by atoms with Gasteiger partial charge in [-0.2, -0.15) is 11.8 Å². The Morgan fingerprint density at radius 1 is 1.54 bits per heavy atom. The van der Waals surface area contributed by atoms with Crippen molar-refractivity contribution in [3.05, 3.63) is 0 Å². The topological polar surface area (TPSA) is 32.3 Å². The van der Waals surface area contributed by atoms with Gasteiger partial charge in [-0.3, -0.25) is 0 Å². The first-order chi connectivity index (χ1) is 6.22. The molecule has 0 saturated carbocycles. The highest BCUT2D eigenvalue weighted by Crippen LogP contribution is 2.18. The molecular weight excluding hydrogens is 182 g/mol. The van der Waals surface area contributed by atoms with Crippen LogP contribution in [-0.4, -0.2) is 35.3 Å². The Bertz CT molecular complexity index is 135. The summed E-state index contributed by atoms with van der Waals surface area (Å²) in [6.45, 7) is 4.68. The number of nitrogens with one attached hydrogen (secondary N) is 1. The number of hydrogen-bond acceptors (Lipinski definition) is 3. The molecule has 2 N–H and O–H groups in total. The minimum Gasteiger partial charge on any atom is -0.395 e. The van der Waals surface area contributed by atoms with Crippen molar-refractivity contribution >= 4 is 11.8 Å². The van der Waals surface area contributed by atoms with Gasteiger partial charge in [0.1, 0.15) is 0 Å². The van der Waals surface area contributed by atoms with Crippen molar-refractivity contribution in [3.8, 4) is 0 Å². The lowest BCUT2D eigenvalue weighted by Gasteiger charge is -2.22. The van der Waals surface area contributed by atoms with Gasteiger partial charge in [0, 0.05) is 17.8 Å². The fourth-order valence-electron chi connectivity index (χ4n) is 1.76. The van der Waals surface area contributed by atoms with Gasteiger partial charge >= 0.3 is 0 Å². The van der Waals surface area contributed by atoms with E-state index >= 15 is 0 Å². The van der Waals surface area contributed by atoms with Gasteiger partial charge in [0.2, 0.25) is 0 Å². The molecule has 0 spiro atoms. The molecule has 1 rings (SSSR count). The maximum atomic E-state index is 9.17. The standard InChI is InChI=1S/C10H21NOS/c1-8(2)5-10(6-12)11-9-3-4-13-7-9/h8-12H,3-7H2,1-2H3. The third kappa shape index (κ3) is 4.34. The van der Waals surface area contributed by atoms with Crippen molar-refractivity contribution in [2.24, 2.45) is 5.92 Å². The number of hydrogen-bond donors (Lipinski definition) is 2. The van der Waals surface area contributed by atoms with Crippen molar-refractivity contribution in [1.29, 1.82) is 0 Å². The molecule has 2 nitrogen and oxygen atoms in total. The SMILES string of the molecule is CC(C)CC(CO)NC1CCSC1. The Morgan fingerprint density at radius 3 is 2.77 bits per heavy atom. The number of aliphatic hydroxyl groups is 1. The lowest BCUT2D eigenvalue weighted by atomic mass is 10.0. The van der Waals surface area contributed by atoms with Crippen molar-refractivity contribution in [2.75, 3.05) is 18.1 Å². The molecular formula is C10H21NOS. The van der Waals surface area contributed by atoms with Crippen LogP contribution in [0.3, 0.4) is 0 Å². The third-order valence-electron chi connectivity index (χ3n) is 2.38. The van der Waals surface area contributed by atoms with Gasteiger partial charge in [-0.1, -0.05) is 13.8 Å². The lowest BCUT2D eigenvalue weighted by molar-refractivity contribution is 0.215. The maximum absolute atomic E-state index is 9.17. The predicted octanol–water partition coefficient (Wildman–Crippen LogP) is 1.49. The van der Waals surface area contributed by atoms with Crippen LogP contribution in [0.15, 0.2) is 0 Å². The number of thioether (sulfide) groups is 1. The Morgan fingerprint density at radius 2 is 2.31 bits per heavy atom. The van der Waals surface area contributed by atoms with Crippen LogP contribution < -0.4 is 5.32 Å². The quantitative estimate of drug-likeness (QED) is 0.710. The Balaban J connectivity index is 2.21. The highest BCUT2D eigenvalue weighted by molar-refractivity contribution is 7.99. The van der Waals surface area contributed by atoms with Gasteiger partial charge in [-0.05, 0) is 24.5 Å². The van der Waals surface area contributed by atoms with E-state index < -0.39 is 0 Å². The van der Waals surface area contributed by atoms with E-state index in [9.17, 15) is 0 Å². The normalized spacial score (nSPS) is 25.4. The molecule has 1 aliphatic rings. The van der Waals surface area contributed by atoms with Crippen molar-refractivity contribution in [3.63, 3.8) is 0 Å². The molecule has 0 aliphatic carbocycles. The van der Waals surface area contributed by atoms with Crippen LogP contribution >= 0.6 is 11.8 Å². The second-order valence-electron chi connectivity index (χ2n) is 4.24. The van der Waals surface area contributed by atoms with Gasteiger partial charge in [-0.25, -0.2) is 0 Å². The molecule has 1 heterocycles. The molecule has 0 bridgehead atoms. The minimum absolute atomic E-state index is 0.277. The van der Waals surface area contributed by atoms with E-state index in [2.05, 4.69) is 19.2 Å². The van der Waals surface area contributed by atoms with Crippen LogP contribution in [0.25, 0.3) is 0 Å². The van der Waals surface area contributed by atoms with E-state index in [1.165, 1.54) is 17.9 Å². The number of aliphatic hydroxyl groups excluding tert-OH is 1. The first-order valence-electron chi connectivity index (χ1n) is 5.17. The minimum atomic E-state index is 0.277. The monoisotopic (exact) mass is 203 g/mol. The van der Waals surface area contributed by atoms with Crippen molar-refractivity contribution < 1.29 is 5.11 Å². The first-order valence-corrected chi connectivity index (χ1v) is 6.32. The van der Waals surface area contributed by atoms with E-state index in [0.29, 0.717) is 18.0 Å². The summed E-state index contributed by atoms with van der Waals surface area (Å²) in [6, 6.07) is 0.949. The molecule has 2 unspecified atom stereocenters. The average Bonchev–Trinajstić information content (AvgIpc) is 2.55. The third-order valence-corrected chi connectivity index (χ3v) is 3.54. The Labute approximate surface area is 85.5 Å². The van der Waals surface area contributed by atoms with Crippen LogP contribution in [0.4, 0.5) is 0 Å². The highest BCUT2D eigenvalue weighted by Gasteiger charge is 2.19. The van der Waals surface area contributed by atoms with E-state index in [1.807, 2.05) is 11.8 Å². The molecule has 2 atom stereocenters. The predicted molar refractivity (Wildman–Crippen MR) is 59.2 cm³/mol. The summed E-state index contributed by atoms with van der Waals surface area (Å²) in [7, 11) is 0. The molecule has 1 fully saturated rings. The summed E-state index contributed by atoms with van der Waals surface area (Å²) in [6.07, 6.45) is 2.34. The Kier molecular flexibility index (Phi) is 5.14. The first kappa shape index (κ1) is 11.3. The highest BCUT2D eigenvalue weighted by atomic mass is 32.2. The lowest BCUT2D eigenvalue weighted by Crippen LogP contribution is -2.41. The van der Waals surface area contributed by atoms with Crippen molar-refractivity contribution in [1.82, 2.24) is 5.32 Å². The van der Waals surface area contributed by atoms with Gasteiger partial charge in [0.25, 0.3) is 0 Å². The second kappa shape index (κ2) is 5.89. The van der Waals surface area contributed by atoms with Gasteiger partial charge in [0.15, 0.2) is 0 Å². The fraction of sp³-hybridized carbons (Fsp3) is 1.00. The van der Waals surface area contributed by atoms with E-state index in [1.54, 1.807) is 0 Å². The summed E-state index contributed by atoms with van der Waals surface area (Å²) < 4.78 is 0. The van der Waals surface area contributed by atoms with Crippen LogP contribution in [0, 0.1) is 5.92 Å². The zero-order valence-corrected chi connectivity index (χ0v) is 9.44. The molecule has 0 radical (unpaired) electrons. The van der Waals surface area contributed by atoms with Crippen LogP contribution in [-0.2, 0) is 0 Å². The molecule has 3 heteroatoms. The zero-order chi connectivity index (χ0) is 9.68. The smallest absolute Gasteiger partial charge is 0.0584 e. The molecule has 0 aromatic heterocycles. The number of rotatable bonds is 5. The average molecular weight is 203 g/mol. The molecule has 78 valence electrons. The van der Waals surface area contributed by atoms with Gasteiger partial charge in [-0.15, -0.1) is 0 Å². The summed E-state index contributed by atoms with van der Waals surface area (Å²) in [4.78, 5) is 0. The summed E-state index contributed by atoms with van der Waals surface area (Å²) in [5, 5.41) is 12.7. The summed E-state index contributed by atoms with van der Waals surface area (Å²) in [5.74, 6) is 3.16. The van der Waals surface area contributed by atoms with Crippen LogP contribution in [0.5, 0.6) is 0 Å². The van der Waals surface area contributed by atoms with Crippen molar-refractivity contribution in [2.45, 2.75) is 38.8 Å². The van der Waals surface area contributed by atoms with Gasteiger partial charge in [0.05, 0.1) is 6.61 Å². The van der Waals surface area contributed by atoms with Gasteiger partial charge < -0.3 is 10.4 Å². The van der Waals surface area contributed by atoms with E-state index in [-0.39, 0.29) is 6.61 Å². The molecule has 0 aromatic rings. The molecule has 1 aliphatic heterocycles. The van der Waals surface area contributed by atoms with Crippen LogP contribution in [0.1, 0.15) is 26.7 Å². The maximum Gasteiger partial charge on any atom is 0.0584 e. The largest absolute Gasteiger partial charge is 0.395 e. The molecule has 1 saturated heterocycles. The molecule has 13 heavy (non-hydrogen) atoms.